The lowest BCUT2D eigenvalue weighted by Crippen LogP contribution is -1.97. The zero-order valence-electron chi connectivity index (χ0n) is 13.4. The van der Waals surface area contributed by atoms with Gasteiger partial charge >= 0.3 is 0 Å². The SMILES string of the molecule is CCCCCCCCCCCCCOc1ccsc1C=O. The minimum Gasteiger partial charge on any atom is -0.492 e. The third-order valence-corrected chi connectivity index (χ3v) is 4.59. The topological polar surface area (TPSA) is 26.3 Å². The zero-order valence-corrected chi connectivity index (χ0v) is 14.3. The van der Waals surface area contributed by atoms with E-state index in [0.29, 0.717) is 4.88 Å². The van der Waals surface area contributed by atoms with Crippen LogP contribution in [0.3, 0.4) is 0 Å². The van der Waals surface area contributed by atoms with E-state index in [1.54, 1.807) is 0 Å². The molecule has 0 radical (unpaired) electrons. The zero-order chi connectivity index (χ0) is 15.2. The minimum absolute atomic E-state index is 0.707. The van der Waals surface area contributed by atoms with E-state index in [0.717, 1.165) is 25.1 Å². The Bertz CT molecular complexity index is 360. The summed E-state index contributed by atoms with van der Waals surface area (Å²) in [7, 11) is 0. The Labute approximate surface area is 133 Å². The number of hydrogen-bond donors (Lipinski definition) is 0. The Kier molecular flexibility index (Phi) is 11.2. The number of carbonyl (C=O) groups excluding carboxylic acids is 1. The van der Waals surface area contributed by atoms with Crippen LogP contribution >= 0.6 is 11.3 Å². The van der Waals surface area contributed by atoms with Gasteiger partial charge in [-0.05, 0) is 17.9 Å². The Morgan fingerprint density at radius 1 is 0.952 bits per heavy atom. The van der Waals surface area contributed by atoms with Crippen molar-refractivity contribution >= 4 is 17.6 Å². The molecule has 0 aliphatic heterocycles. The average Bonchev–Trinajstić information content (AvgIpc) is 2.96. The summed E-state index contributed by atoms with van der Waals surface area (Å²) in [5.74, 6) is 0.752. The number of hydrogen-bond acceptors (Lipinski definition) is 3. The molecule has 0 fully saturated rings. The smallest absolute Gasteiger partial charge is 0.163 e. The van der Waals surface area contributed by atoms with Crippen molar-refractivity contribution < 1.29 is 9.53 Å². The first-order valence-electron chi connectivity index (χ1n) is 8.54. The van der Waals surface area contributed by atoms with Crippen molar-refractivity contribution in [2.75, 3.05) is 6.61 Å². The lowest BCUT2D eigenvalue weighted by atomic mass is 10.1. The maximum Gasteiger partial charge on any atom is 0.163 e. The molecule has 0 spiro atoms. The molecule has 120 valence electrons. The van der Waals surface area contributed by atoms with Gasteiger partial charge in [0.1, 0.15) is 10.6 Å². The lowest BCUT2D eigenvalue weighted by molar-refractivity contribution is 0.112. The van der Waals surface area contributed by atoms with Crippen LogP contribution in [0.4, 0.5) is 0 Å². The standard InChI is InChI=1S/C18H30O2S/c1-2-3-4-5-6-7-8-9-10-11-12-14-20-17-13-15-21-18(17)16-19/h13,15-16H,2-12,14H2,1H3. The summed E-state index contributed by atoms with van der Waals surface area (Å²) in [5, 5.41) is 1.90. The monoisotopic (exact) mass is 310 g/mol. The molecular weight excluding hydrogens is 280 g/mol. The van der Waals surface area contributed by atoms with Gasteiger partial charge in [-0.25, -0.2) is 0 Å². The van der Waals surface area contributed by atoms with Crippen LogP contribution < -0.4 is 4.74 Å². The first kappa shape index (κ1) is 18.2. The Balaban J connectivity index is 1.84. The summed E-state index contributed by atoms with van der Waals surface area (Å²) in [6.45, 7) is 3.00. The molecule has 0 aromatic carbocycles. The molecule has 1 aromatic heterocycles. The normalized spacial score (nSPS) is 10.7. The second kappa shape index (κ2) is 12.9. The van der Waals surface area contributed by atoms with Gasteiger partial charge in [0.25, 0.3) is 0 Å². The molecule has 0 aliphatic rings. The summed E-state index contributed by atoms with van der Waals surface area (Å²) in [6.07, 6.45) is 15.6. The molecule has 1 rings (SSSR count). The van der Waals surface area contributed by atoms with E-state index >= 15 is 0 Å². The fourth-order valence-corrected chi connectivity index (χ4v) is 3.10. The summed E-state index contributed by atoms with van der Waals surface area (Å²) in [6, 6.07) is 1.88. The highest BCUT2D eigenvalue weighted by molar-refractivity contribution is 7.12. The first-order valence-corrected chi connectivity index (χ1v) is 9.42. The molecule has 0 bridgehead atoms. The summed E-state index contributed by atoms with van der Waals surface area (Å²) in [4.78, 5) is 11.4. The van der Waals surface area contributed by atoms with Gasteiger partial charge in [-0.2, -0.15) is 0 Å². The average molecular weight is 311 g/mol. The molecule has 21 heavy (non-hydrogen) atoms. The maximum atomic E-state index is 10.7. The summed E-state index contributed by atoms with van der Waals surface area (Å²) in [5.41, 5.74) is 0. The van der Waals surface area contributed by atoms with Gasteiger partial charge < -0.3 is 4.74 Å². The molecule has 0 amide bonds. The third-order valence-electron chi connectivity index (χ3n) is 3.77. The highest BCUT2D eigenvalue weighted by Gasteiger charge is 2.03. The largest absolute Gasteiger partial charge is 0.492 e. The van der Waals surface area contributed by atoms with E-state index in [1.807, 2.05) is 11.4 Å². The van der Waals surface area contributed by atoms with Crippen LogP contribution in [0.25, 0.3) is 0 Å². The van der Waals surface area contributed by atoms with Gasteiger partial charge in [-0.1, -0.05) is 71.1 Å². The predicted molar refractivity (Wildman–Crippen MR) is 91.7 cm³/mol. The highest BCUT2D eigenvalue weighted by Crippen LogP contribution is 2.22. The number of ether oxygens (including phenoxy) is 1. The van der Waals surface area contributed by atoms with Crippen LogP contribution in [0.1, 0.15) is 87.2 Å². The van der Waals surface area contributed by atoms with Gasteiger partial charge in [0.15, 0.2) is 6.29 Å². The van der Waals surface area contributed by atoms with Crippen molar-refractivity contribution in [2.24, 2.45) is 0 Å². The highest BCUT2D eigenvalue weighted by atomic mass is 32.1. The van der Waals surface area contributed by atoms with Gasteiger partial charge in [-0.15, -0.1) is 11.3 Å². The van der Waals surface area contributed by atoms with Crippen molar-refractivity contribution in [3.05, 3.63) is 16.3 Å². The lowest BCUT2D eigenvalue weighted by Gasteiger charge is -2.05. The van der Waals surface area contributed by atoms with E-state index in [2.05, 4.69) is 6.92 Å². The molecule has 0 atom stereocenters. The van der Waals surface area contributed by atoms with Crippen molar-refractivity contribution in [1.29, 1.82) is 0 Å². The van der Waals surface area contributed by atoms with Crippen LogP contribution in [-0.4, -0.2) is 12.9 Å². The molecule has 1 aromatic rings. The molecule has 0 N–H and O–H groups in total. The number of thiophene rings is 1. The maximum absolute atomic E-state index is 10.7. The quantitative estimate of drug-likeness (QED) is 0.300. The van der Waals surface area contributed by atoms with E-state index < -0.39 is 0 Å². The van der Waals surface area contributed by atoms with E-state index in [1.165, 1.54) is 75.5 Å². The molecule has 0 saturated heterocycles. The minimum atomic E-state index is 0.707. The van der Waals surface area contributed by atoms with Crippen LogP contribution in [0.15, 0.2) is 11.4 Å². The van der Waals surface area contributed by atoms with Gasteiger partial charge in [-0.3, -0.25) is 4.79 Å². The number of rotatable bonds is 14. The summed E-state index contributed by atoms with van der Waals surface area (Å²) >= 11 is 1.44. The molecule has 1 heterocycles. The fourth-order valence-electron chi connectivity index (χ4n) is 2.46. The second-order valence-electron chi connectivity index (χ2n) is 5.65. The van der Waals surface area contributed by atoms with Crippen molar-refractivity contribution in [3.63, 3.8) is 0 Å². The van der Waals surface area contributed by atoms with Gasteiger partial charge in [0, 0.05) is 0 Å². The van der Waals surface area contributed by atoms with Crippen molar-refractivity contribution in [2.45, 2.75) is 77.6 Å². The summed E-state index contributed by atoms with van der Waals surface area (Å²) < 4.78 is 5.63. The first-order chi connectivity index (χ1) is 10.4. The van der Waals surface area contributed by atoms with Crippen LogP contribution in [-0.2, 0) is 0 Å². The fraction of sp³-hybridized carbons (Fsp3) is 0.722. The van der Waals surface area contributed by atoms with Gasteiger partial charge in [0.05, 0.1) is 6.61 Å². The number of aldehydes is 1. The Morgan fingerprint density at radius 3 is 2.10 bits per heavy atom. The molecule has 3 heteroatoms. The Hall–Kier alpha value is -0.830. The van der Waals surface area contributed by atoms with Crippen LogP contribution in [0.5, 0.6) is 5.75 Å². The van der Waals surface area contributed by atoms with E-state index in [9.17, 15) is 4.79 Å². The van der Waals surface area contributed by atoms with Crippen molar-refractivity contribution in [3.8, 4) is 5.75 Å². The van der Waals surface area contributed by atoms with Crippen molar-refractivity contribution in [1.82, 2.24) is 0 Å². The van der Waals surface area contributed by atoms with Crippen LogP contribution in [0, 0.1) is 0 Å². The molecule has 2 nitrogen and oxygen atoms in total. The number of unbranched alkanes of at least 4 members (excludes halogenated alkanes) is 10. The third kappa shape index (κ3) is 8.92. The molecular formula is C18H30O2S. The van der Waals surface area contributed by atoms with E-state index in [4.69, 9.17) is 4.74 Å². The molecule has 0 saturated carbocycles. The number of carbonyl (C=O) groups is 1. The molecule has 0 unspecified atom stereocenters. The molecule has 0 aliphatic carbocycles. The predicted octanol–water partition coefficient (Wildman–Crippen LogP) is 6.25. The Morgan fingerprint density at radius 2 is 1.52 bits per heavy atom. The second-order valence-corrected chi connectivity index (χ2v) is 6.60. The van der Waals surface area contributed by atoms with Gasteiger partial charge in [0.2, 0.25) is 0 Å². The van der Waals surface area contributed by atoms with Crippen LogP contribution in [0.2, 0.25) is 0 Å². The van der Waals surface area contributed by atoms with E-state index in [-0.39, 0.29) is 0 Å².